The van der Waals surface area contributed by atoms with Crippen LogP contribution in [0.25, 0.3) is 0 Å². The van der Waals surface area contributed by atoms with Crippen LogP contribution in [0.4, 0.5) is 0 Å². The van der Waals surface area contributed by atoms with E-state index in [1.165, 1.54) is 0 Å². The van der Waals surface area contributed by atoms with Gasteiger partial charge in [-0.1, -0.05) is 0 Å². The summed E-state index contributed by atoms with van der Waals surface area (Å²) >= 11 is 0. The van der Waals surface area contributed by atoms with E-state index in [4.69, 9.17) is 5.11 Å². The van der Waals surface area contributed by atoms with Crippen molar-refractivity contribution in [1.82, 2.24) is 5.32 Å². The van der Waals surface area contributed by atoms with Gasteiger partial charge in [0.1, 0.15) is 0 Å². The third kappa shape index (κ3) is 0.895. The third-order valence-corrected chi connectivity index (χ3v) is 2.49. The first-order valence-corrected chi connectivity index (χ1v) is 3.72. The molecule has 2 aliphatic rings. The molecule has 0 bridgehead atoms. The lowest BCUT2D eigenvalue weighted by atomic mass is 10.1. The monoisotopic (exact) mass is 155 g/mol. The molecule has 11 heavy (non-hydrogen) atoms. The van der Waals surface area contributed by atoms with Crippen LogP contribution in [0.5, 0.6) is 0 Å². The Morgan fingerprint density at radius 1 is 1.64 bits per heavy atom. The molecule has 4 nitrogen and oxygen atoms in total. The van der Waals surface area contributed by atoms with Crippen LogP contribution < -0.4 is 5.32 Å². The predicted octanol–water partition coefficient (Wildman–Crippen LogP) is -0.404. The number of aliphatic carboxylic acids is 1. The Bertz CT molecular complexity index is 226. The van der Waals surface area contributed by atoms with E-state index in [1.54, 1.807) is 0 Å². The Labute approximate surface area is 63.6 Å². The van der Waals surface area contributed by atoms with Gasteiger partial charge < -0.3 is 10.4 Å². The van der Waals surface area contributed by atoms with Gasteiger partial charge in [0.05, 0.1) is 5.92 Å². The Hall–Kier alpha value is -1.06. The number of carbonyl (C=O) groups is 2. The van der Waals surface area contributed by atoms with E-state index in [1.807, 2.05) is 0 Å². The summed E-state index contributed by atoms with van der Waals surface area (Å²) in [6.07, 6.45) is 1.23. The molecule has 2 unspecified atom stereocenters. The fraction of sp³-hybridized carbons (Fsp3) is 0.714. The van der Waals surface area contributed by atoms with Gasteiger partial charge in [-0.3, -0.25) is 9.59 Å². The van der Waals surface area contributed by atoms with Gasteiger partial charge in [0, 0.05) is 12.5 Å². The Morgan fingerprint density at radius 3 is 2.91 bits per heavy atom. The summed E-state index contributed by atoms with van der Waals surface area (Å²) in [5, 5.41) is 11.3. The zero-order chi connectivity index (χ0) is 8.01. The molecule has 1 heterocycles. The van der Waals surface area contributed by atoms with Crippen LogP contribution in [-0.2, 0) is 9.59 Å². The van der Waals surface area contributed by atoms with Gasteiger partial charge >= 0.3 is 5.97 Å². The summed E-state index contributed by atoms with van der Waals surface area (Å²) in [6, 6.07) is -0.0613. The van der Waals surface area contributed by atoms with Crippen molar-refractivity contribution < 1.29 is 14.7 Å². The molecule has 2 N–H and O–H groups in total. The van der Waals surface area contributed by atoms with Crippen LogP contribution >= 0.6 is 0 Å². The van der Waals surface area contributed by atoms with E-state index in [0.717, 1.165) is 6.42 Å². The molecule has 0 aromatic heterocycles. The normalized spacial score (nSPS) is 40.7. The van der Waals surface area contributed by atoms with Crippen LogP contribution in [0.15, 0.2) is 0 Å². The number of hydrogen-bond donors (Lipinski definition) is 2. The molecule has 4 heteroatoms. The highest BCUT2D eigenvalue weighted by Crippen LogP contribution is 2.44. The average molecular weight is 155 g/mol. The quantitative estimate of drug-likeness (QED) is 0.541. The minimum Gasteiger partial charge on any atom is -0.481 e. The fourth-order valence-electron chi connectivity index (χ4n) is 1.82. The number of fused-ring (bicyclic) bond motifs is 1. The fourth-order valence-corrected chi connectivity index (χ4v) is 1.82. The Kier molecular flexibility index (Phi) is 1.19. The lowest BCUT2D eigenvalue weighted by Gasteiger charge is -2.07. The third-order valence-electron chi connectivity index (χ3n) is 2.49. The SMILES string of the molecule is O=C1CCC2C(N1)[C@@H]2C(=O)O. The van der Waals surface area contributed by atoms with Crippen molar-refractivity contribution in [2.75, 3.05) is 0 Å². The molecule has 60 valence electrons. The van der Waals surface area contributed by atoms with Gasteiger partial charge in [0.25, 0.3) is 0 Å². The summed E-state index contributed by atoms with van der Waals surface area (Å²) in [7, 11) is 0. The summed E-state index contributed by atoms with van der Waals surface area (Å²) in [5.41, 5.74) is 0. The van der Waals surface area contributed by atoms with Gasteiger partial charge in [-0.05, 0) is 12.3 Å². The molecule has 0 aromatic rings. The van der Waals surface area contributed by atoms with Crippen LogP contribution in [0.2, 0.25) is 0 Å². The van der Waals surface area contributed by atoms with E-state index in [0.29, 0.717) is 6.42 Å². The molecule has 2 rings (SSSR count). The van der Waals surface area contributed by atoms with Gasteiger partial charge in [0.15, 0.2) is 0 Å². The number of carboxylic acid groups (broad SMARTS) is 1. The number of amides is 1. The van der Waals surface area contributed by atoms with Crippen molar-refractivity contribution in [1.29, 1.82) is 0 Å². The largest absolute Gasteiger partial charge is 0.481 e. The minimum absolute atomic E-state index is 0.00463. The van der Waals surface area contributed by atoms with Gasteiger partial charge in [-0.25, -0.2) is 0 Å². The molecule has 2 fully saturated rings. The molecule has 0 spiro atoms. The second kappa shape index (κ2) is 1.96. The van der Waals surface area contributed by atoms with Gasteiger partial charge in [-0.2, -0.15) is 0 Å². The molecule has 3 atom stereocenters. The van der Waals surface area contributed by atoms with Crippen molar-refractivity contribution in [3.63, 3.8) is 0 Å². The van der Waals surface area contributed by atoms with Crippen LogP contribution in [0.1, 0.15) is 12.8 Å². The second-order valence-electron chi connectivity index (χ2n) is 3.16. The van der Waals surface area contributed by atoms with Crippen LogP contribution in [-0.4, -0.2) is 23.0 Å². The first-order valence-electron chi connectivity index (χ1n) is 3.72. The summed E-state index contributed by atoms with van der Waals surface area (Å²) in [5.74, 6) is -0.871. The summed E-state index contributed by atoms with van der Waals surface area (Å²) < 4.78 is 0. The average Bonchev–Trinajstić information content (AvgIpc) is 2.60. The topological polar surface area (TPSA) is 66.4 Å². The lowest BCUT2D eigenvalue weighted by molar-refractivity contribution is -0.138. The van der Waals surface area contributed by atoms with Crippen LogP contribution in [0, 0.1) is 11.8 Å². The molecule has 0 aromatic carbocycles. The minimum atomic E-state index is -0.776. The lowest BCUT2D eigenvalue weighted by Crippen LogP contribution is -2.31. The molecule has 1 amide bonds. The Morgan fingerprint density at radius 2 is 2.36 bits per heavy atom. The first-order chi connectivity index (χ1) is 5.20. The van der Waals surface area contributed by atoms with Gasteiger partial charge in [0.2, 0.25) is 5.91 Å². The van der Waals surface area contributed by atoms with Crippen molar-refractivity contribution in [2.24, 2.45) is 11.8 Å². The molecule has 0 radical (unpaired) electrons. The summed E-state index contributed by atoms with van der Waals surface area (Å²) in [4.78, 5) is 21.2. The second-order valence-corrected chi connectivity index (χ2v) is 3.16. The van der Waals surface area contributed by atoms with Crippen molar-refractivity contribution in [3.8, 4) is 0 Å². The molecular weight excluding hydrogens is 146 g/mol. The number of rotatable bonds is 1. The molecular formula is C7H9NO3. The molecule has 1 aliphatic heterocycles. The smallest absolute Gasteiger partial charge is 0.308 e. The molecule has 1 saturated carbocycles. The zero-order valence-corrected chi connectivity index (χ0v) is 5.91. The highest BCUT2D eigenvalue weighted by atomic mass is 16.4. The highest BCUT2D eigenvalue weighted by Gasteiger charge is 2.57. The summed E-state index contributed by atoms with van der Waals surface area (Å²) in [6.45, 7) is 0. The number of nitrogens with one attached hydrogen (secondary N) is 1. The van der Waals surface area contributed by atoms with E-state index < -0.39 is 5.97 Å². The zero-order valence-electron chi connectivity index (χ0n) is 5.91. The molecule has 1 aliphatic carbocycles. The van der Waals surface area contributed by atoms with Crippen molar-refractivity contribution >= 4 is 11.9 Å². The maximum absolute atomic E-state index is 10.8. The number of carbonyl (C=O) groups excluding carboxylic acids is 1. The van der Waals surface area contributed by atoms with Crippen LogP contribution in [0.3, 0.4) is 0 Å². The first kappa shape index (κ1) is 6.64. The number of hydrogen-bond acceptors (Lipinski definition) is 2. The highest BCUT2D eigenvalue weighted by molar-refractivity contribution is 5.83. The van der Waals surface area contributed by atoms with E-state index in [2.05, 4.69) is 5.32 Å². The van der Waals surface area contributed by atoms with E-state index in [9.17, 15) is 9.59 Å². The number of carboxylic acids is 1. The Balaban J connectivity index is 2.03. The van der Waals surface area contributed by atoms with E-state index in [-0.39, 0.29) is 23.8 Å². The number of piperidine rings is 1. The standard InChI is InChI=1S/C7H9NO3/c9-4-2-1-3-5(7(10)11)6(3)8-4/h3,5-6H,1-2H2,(H,8,9)(H,10,11)/t3?,5-,6?/m1/s1. The predicted molar refractivity (Wildman–Crippen MR) is 35.8 cm³/mol. The maximum Gasteiger partial charge on any atom is 0.308 e. The van der Waals surface area contributed by atoms with E-state index >= 15 is 0 Å². The maximum atomic E-state index is 10.8. The van der Waals surface area contributed by atoms with Crippen molar-refractivity contribution in [2.45, 2.75) is 18.9 Å². The van der Waals surface area contributed by atoms with Gasteiger partial charge in [-0.15, -0.1) is 0 Å². The van der Waals surface area contributed by atoms with Crippen molar-refractivity contribution in [3.05, 3.63) is 0 Å². The molecule has 1 saturated heterocycles.